The van der Waals surface area contributed by atoms with Crippen molar-refractivity contribution >= 4 is 23.5 Å². The molecule has 0 saturated carbocycles. The SMILES string of the molecule is CC(C)(C)OC(=O)C1CCN(C(=O)CCl)C(N)C1. The van der Waals surface area contributed by atoms with E-state index >= 15 is 0 Å². The van der Waals surface area contributed by atoms with Crippen LogP contribution in [-0.4, -0.2) is 41.0 Å². The minimum absolute atomic E-state index is 0.0786. The summed E-state index contributed by atoms with van der Waals surface area (Å²) < 4.78 is 5.32. The number of nitrogens with zero attached hydrogens (tertiary/aromatic N) is 1. The molecule has 1 aliphatic rings. The Bertz CT molecular complexity index is 328. The van der Waals surface area contributed by atoms with Gasteiger partial charge in [-0.2, -0.15) is 0 Å². The highest BCUT2D eigenvalue weighted by Crippen LogP contribution is 2.24. The molecular formula is C12H21ClN2O3. The summed E-state index contributed by atoms with van der Waals surface area (Å²) in [6.45, 7) is 5.95. The topological polar surface area (TPSA) is 72.6 Å². The van der Waals surface area contributed by atoms with E-state index in [4.69, 9.17) is 22.1 Å². The Hall–Kier alpha value is -0.810. The van der Waals surface area contributed by atoms with Crippen LogP contribution in [0.2, 0.25) is 0 Å². The van der Waals surface area contributed by atoms with Gasteiger partial charge in [0, 0.05) is 6.54 Å². The van der Waals surface area contributed by atoms with Gasteiger partial charge in [-0.05, 0) is 33.6 Å². The summed E-state index contributed by atoms with van der Waals surface area (Å²) in [4.78, 5) is 24.9. The normalized spacial score (nSPS) is 24.8. The van der Waals surface area contributed by atoms with Crippen LogP contribution >= 0.6 is 11.6 Å². The predicted octanol–water partition coefficient (Wildman–Crippen LogP) is 1.09. The first-order valence-electron chi connectivity index (χ1n) is 6.08. The first-order valence-corrected chi connectivity index (χ1v) is 6.62. The molecule has 0 bridgehead atoms. The van der Waals surface area contributed by atoms with Gasteiger partial charge in [0.1, 0.15) is 11.5 Å². The van der Waals surface area contributed by atoms with E-state index in [9.17, 15) is 9.59 Å². The van der Waals surface area contributed by atoms with Crippen molar-refractivity contribution in [3.63, 3.8) is 0 Å². The smallest absolute Gasteiger partial charge is 0.309 e. The fraction of sp³-hybridized carbons (Fsp3) is 0.833. The molecule has 0 aromatic heterocycles. The molecule has 0 aliphatic carbocycles. The van der Waals surface area contributed by atoms with Crippen molar-refractivity contribution in [2.45, 2.75) is 45.4 Å². The summed E-state index contributed by atoms with van der Waals surface area (Å²) in [5.74, 6) is -0.744. The minimum Gasteiger partial charge on any atom is -0.460 e. The lowest BCUT2D eigenvalue weighted by molar-refractivity contribution is -0.163. The molecular weight excluding hydrogens is 256 g/mol. The number of rotatable bonds is 2. The number of nitrogens with two attached hydrogens (primary N) is 1. The Kier molecular flexibility index (Phi) is 4.99. The number of amides is 1. The summed E-state index contributed by atoms with van der Waals surface area (Å²) in [5, 5.41) is 0. The molecule has 104 valence electrons. The lowest BCUT2D eigenvalue weighted by Crippen LogP contribution is -2.52. The van der Waals surface area contributed by atoms with E-state index in [1.807, 2.05) is 20.8 Å². The highest BCUT2D eigenvalue weighted by molar-refractivity contribution is 6.27. The quantitative estimate of drug-likeness (QED) is 0.605. The molecule has 0 radical (unpaired) electrons. The van der Waals surface area contributed by atoms with E-state index in [2.05, 4.69) is 0 Å². The van der Waals surface area contributed by atoms with Gasteiger partial charge in [-0.3, -0.25) is 9.59 Å². The summed E-state index contributed by atoms with van der Waals surface area (Å²) in [6, 6.07) is 0. The predicted molar refractivity (Wildman–Crippen MR) is 69.0 cm³/mol. The molecule has 2 atom stereocenters. The Balaban J connectivity index is 2.55. The zero-order chi connectivity index (χ0) is 13.9. The monoisotopic (exact) mass is 276 g/mol. The van der Waals surface area contributed by atoms with Crippen molar-refractivity contribution in [3.05, 3.63) is 0 Å². The van der Waals surface area contributed by atoms with Crippen molar-refractivity contribution in [1.82, 2.24) is 4.90 Å². The number of esters is 1. The van der Waals surface area contributed by atoms with E-state index in [1.165, 1.54) is 4.90 Å². The Morgan fingerprint density at radius 1 is 1.44 bits per heavy atom. The number of carbonyl (C=O) groups is 2. The van der Waals surface area contributed by atoms with Crippen molar-refractivity contribution in [3.8, 4) is 0 Å². The Morgan fingerprint density at radius 2 is 2.06 bits per heavy atom. The van der Waals surface area contributed by atoms with Gasteiger partial charge in [-0.1, -0.05) is 0 Å². The molecule has 0 aromatic carbocycles. The zero-order valence-electron chi connectivity index (χ0n) is 11.1. The average molecular weight is 277 g/mol. The van der Waals surface area contributed by atoms with Gasteiger partial charge < -0.3 is 15.4 Å². The van der Waals surface area contributed by atoms with Crippen LogP contribution in [0.3, 0.4) is 0 Å². The Labute approximate surface area is 113 Å². The van der Waals surface area contributed by atoms with Crippen LogP contribution in [0.1, 0.15) is 33.6 Å². The first-order chi connectivity index (χ1) is 8.24. The number of likely N-dealkylation sites (tertiary alicyclic amines) is 1. The van der Waals surface area contributed by atoms with Gasteiger partial charge in [0.15, 0.2) is 0 Å². The van der Waals surface area contributed by atoms with Crippen LogP contribution in [0.4, 0.5) is 0 Å². The molecule has 2 N–H and O–H groups in total. The second kappa shape index (κ2) is 5.89. The summed E-state index contributed by atoms with van der Waals surface area (Å²) in [6.07, 6.45) is 0.547. The summed E-state index contributed by atoms with van der Waals surface area (Å²) >= 11 is 5.50. The van der Waals surface area contributed by atoms with Crippen LogP contribution in [-0.2, 0) is 14.3 Å². The third-order valence-corrected chi connectivity index (χ3v) is 3.05. The average Bonchev–Trinajstić information content (AvgIpc) is 2.25. The van der Waals surface area contributed by atoms with Gasteiger partial charge in [0.2, 0.25) is 5.91 Å². The van der Waals surface area contributed by atoms with Crippen molar-refractivity contribution in [2.75, 3.05) is 12.4 Å². The van der Waals surface area contributed by atoms with Crippen LogP contribution in [0.15, 0.2) is 0 Å². The highest BCUT2D eigenvalue weighted by Gasteiger charge is 2.34. The largest absolute Gasteiger partial charge is 0.460 e. The van der Waals surface area contributed by atoms with Crippen molar-refractivity contribution in [2.24, 2.45) is 11.7 Å². The number of hydrogen-bond donors (Lipinski definition) is 1. The van der Waals surface area contributed by atoms with E-state index in [1.54, 1.807) is 0 Å². The van der Waals surface area contributed by atoms with Gasteiger partial charge in [0.25, 0.3) is 0 Å². The molecule has 5 nitrogen and oxygen atoms in total. The zero-order valence-corrected chi connectivity index (χ0v) is 11.9. The molecule has 1 aliphatic heterocycles. The van der Waals surface area contributed by atoms with Crippen molar-refractivity contribution in [1.29, 1.82) is 0 Å². The number of ether oxygens (including phenoxy) is 1. The fourth-order valence-corrected chi connectivity index (χ4v) is 2.14. The highest BCUT2D eigenvalue weighted by atomic mass is 35.5. The van der Waals surface area contributed by atoms with E-state index < -0.39 is 11.8 Å². The van der Waals surface area contributed by atoms with Crippen LogP contribution in [0.5, 0.6) is 0 Å². The van der Waals surface area contributed by atoms with Crippen molar-refractivity contribution < 1.29 is 14.3 Å². The Morgan fingerprint density at radius 3 is 2.50 bits per heavy atom. The lowest BCUT2D eigenvalue weighted by atomic mass is 9.94. The number of alkyl halides is 1. The second-order valence-corrected chi connectivity index (χ2v) is 5.81. The molecule has 0 spiro atoms. The summed E-state index contributed by atoms with van der Waals surface area (Å²) in [5.41, 5.74) is 5.39. The lowest BCUT2D eigenvalue weighted by Gasteiger charge is -2.37. The van der Waals surface area contributed by atoms with Crippen LogP contribution in [0, 0.1) is 5.92 Å². The number of carbonyl (C=O) groups excluding carboxylic acids is 2. The molecule has 1 rings (SSSR count). The molecule has 1 saturated heterocycles. The van der Waals surface area contributed by atoms with E-state index in [0.717, 1.165) is 0 Å². The number of halogens is 1. The maximum Gasteiger partial charge on any atom is 0.309 e. The maximum atomic E-state index is 11.9. The third-order valence-electron chi connectivity index (χ3n) is 2.82. The third kappa shape index (κ3) is 4.14. The molecule has 1 fully saturated rings. The minimum atomic E-state index is -0.496. The molecule has 2 unspecified atom stereocenters. The standard InChI is InChI=1S/C12H21ClN2O3/c1-12(2,3)18-11(17)8-4-5-15(9(14)6-8)10(16)7-13/h8-9H,4-7,14H2,1-3H3. The summed E-state index contributed by atoms with van der Waals surface area (Å²) in [7, 11) is 0. The van der Waals surface area contributed by atoms with Crippen LogP contribution < -0.4 is 5.73 Å². The van der Waals surface area contributed by atoms with Gasteiger partial charge >= 0.3 is 5.97 Å². The molecule has 1 amide bonds. The van der Waals surface area contributed by atoms with Gasteiger partial charge in [-0.15, -0.1) is 11.6 Å². The molecule has 6 heteroatoms. The maximum absolute atomic E-state index is 11.9. The molecule has 18 heavy (non-hydrogen) atoms. The fourth-order valence-electron chi connectivity index (χ4n) is 1.98. The first kappa shape index (κ1) is 15.2. The molecule has 1 heterocycles. The van der Waals surface area contributed by atoms with Gasteiger partial charge in [0.05, 0.1) is 12.1 Å². The second-order valence-electron chi connectivity index (χ2n) is 5.54. The van der Waals surface area contributed by atoms with Gasteiger partial charge in [-0.25, -0.2) is 0 Å². The number of hydrogen-bond acceptors (Lipinski definition) is 4. The van der Waals surface area contributed by atoms with E-state index in [0.29, 0.717) is 19.4 Å². The molecule has 0 aromatic rings. The van der Waals surface area contributed by atoms with Crippen LogP contribution in [0.25, 0.3) is 0 Å². The van der Waals surface area contributed by atoms with E-state index in [-0.39, 0.29) is 23.7 Å². The number of piperidine rings is 1.